The molecule has 2 aliphatic rings. The molecule has 2 aromatic rings. The molecule has 10 heteroatoms. The van der Waals surface area contributed by atoms with Gasteiger partial charge in [-0.15, -0.1) is 0 Å². The lowest BCUT2D eigenvalue weighted by atomic mass is 10.0. The predicted octanol–water partition coefficient (Wildman–Crippen LogP) is 4.12. The molecule has 1 fully saturated rings. The number of benzene rings is 2. The molecule has 29 heavy (non-hydrogen) atoms. The van der Waals surface area contributed by atoms with E-state index in [1.54, 1.807) is 23.1 Å². The topological polar surface area (TPSA) is 73.8 Å². The van der Waals surface area contributed by atoms with Gasteiger partial charge in [-0.2, -0.15) is 0 Å². The number of hydrazine groups is 1. The van der Waals surface area contributed by atoms with Gasteiger partial charge in [-0.05, 0) is 42.5 Å². The minimum atomic E-state index is -0.350. The first-order chi connectivity index (χ1) is 13.9. The molecular weight excluding hydrogens is 499 g/mol. The second kappa shape index (κ2) is 8.75. The van der Waals surface area contributed by atoms with Crippen LogP contribution in [0, 0.1) is 5.92 Å². The number of aliphatic imine (C=N–C) groups is 1. The monoisotopic (exact) mass is 512 g/mol. The van der Waals surface area contributed by atoms with Gasteiger partial charge in [0.15, 0.2) is 11.0 Å². The molecule has 150 valence electrons. The van der Waals surface area contributed by atoms with Crippen molar-refractivity contribution in [2.24, 2.45) is 10.9 Å². The van der Waals surface area contributed by atoms with Crippen LogP contribution in [-0.2, 0) is 4.79 Å². The molecule has 0 saturated carbocycles. The average Bonchev–Trinajstić information content (AvgIpc) is 3.18. The van der Waals surface area contributed by atoms with Gasteiger partial charge in [0.2, 0.25) is 5.91 Å². The minimum Gasteiger partial charge on any atom is -0.293 e. The SMILES string of the molecule is O=C(CSC1=NC2NNCC2C(=O)N1c1ccc(Br)cc1)c1ccc(Cl)c(Cl)c1. The number of halogens is 3. The van der Waals surface area contributed by atoms with Crippen LogP contribution in [0.2, 0.25) is 10.0 Å². The molecule has 2 unspecified atom stereocenters. The molecule has 0 aromatic heterocycles. The maximum atomic E-state index is 13.1. The number of fused-ring (bicyclic) bond motifs is 1. The van der Waals surface area contributed by atoms with Crippen molar-refractivity contribution in [2.45, 2.75) is 6.17 Å². The van der Waals surface area contributed by atoms with Crippen LogP contribution < -0.4 is 15.8 Å². The van der Waals surface area contributed by atoms with Crippen molar-refractivity contribution in [2.75, 3.05) is 17.2 Å². The Labute approximate surface area is 190 Å². The molecule has 2 N–H and O–H groups in total. The van der Waals surface area contributed by atoms with Crippen molar-refractivity contribution in [3.05, 3.63) is 62.5 Å². The van der Waals surface area contributed by atoms with Crippen LogP contribution in [0.5, 0.6) is 0 Å². The van der Waals surface area contributed by atoms with Gasteiger partial charge in [-0.3, -0.25) is 19.9 Å². The van der Waals surface area contributed by atoms with E-state index in [2.05, 4.69) is 31.8 Å². The molecule has 0 aliphatic carbocycles. The van der Waals surface area contributed by atoms with Gasteiger partial charge in [-0.25, -0.2) is 10.4 Å². The van der Waals surface area contributed by atoms with Crippen molar-refractivity contribution in [1.82, 2.24) is 10.9 Å². The van der Waals surface area contributed by atoms with Crippen molar-refractivity contribution in [3.63, 3.8) is 0 Å². The Morgan fingerprint density at radius 1 is 1.21 bits per heavy atom. The van der Waals surface area contributed by atoms with E-state index in [9.17, 15) is 9.59 Å². The lowest BCUT2D eigenvalue weighted by molar-refractivity contribution is -0.121. The molecule has 2 aliphatic heterocycles. The van der Waals surface area contributed by atoms with Crippen molar-refractivity contribution in [3.8, 4) is 0 Å². The summed E-state index contributed by atoms with van der Waals surface area (Å²) in [7, 11) is 0. The highest BCUT2D eigenvalue weighted by molar-refractivity contribution is 9.10. The Bertz CT molecular complexity index is 1000. The molecular formula is C19H15BrCl2N4O2S. The standard InChI is InChI=1S/C19H15BrCl2N4O2S/c20-11-2-4-12(5-3-11)26-18(28)13-8-23-25-17(13)24-19(26)29-9-16(27)10-1-6-14(21)15(22)7-10/h1-7,13,17,23,25H,8-9H2. The lowest BCUT2D eigenvalue weighted by Crippen LogP contribution is -2.49. The molecule has 2 atom stereocenters. The number of carbonyl (C=O) groups is 2. The summed E-state index contributed by atoms with van der Waals surface area (Å²) in [5.74, 6) is -0.371. The Hall–Kier alpha value is -1.42. The molecule has 1 amide bonds. The van der Waals surface area contributed by atoms with Crippen LogP contribution in [0.3, 0.4) is 0 Å². The molecule has 1 saturated heterocycles. The van der Waals surface area contributed by atoms with Crippen LogP contribution >= 0.6 is 50.9 Å². The summed E-state index contributed by atoms with van der Waals surface area (Å²) in [5.41, 5.74) is 7.16. The van der Waals surface area contributed by atoms with Gasteiger partial charge in [0, 0.05) is 16.6 Å². The Balaban J connectivity index is 1.58. The summed E-state index contributed by atoms with van der Waals surface area (Å²) in [4.78, 5) is 32.0. The van der Waals surface area contributed by atoms with Crippen LogP contribution in [0.4, 0.5) is 5.69 Å². The lowest BCUT2D eigenvalue weighted by Gasteiger charge is -2.32. The molecule has 2 heterocycles. The minimum absolute atomic E-state index is 0.0608. The zero-order valence-electron chi connectivity index (χ0n) is 14.9. The van der Waals surface area contributed by atoms with Crippen molar-refractivity contribution in [1.29, 1.82) is 0 Å². The molecule has 0 radical (unpaired) electrons. The van der Waals surface area contributed by atoms with E-state index in [1.807, 2.05) is 24.3 Å². The van der Waals surface area contributed by atoms with Gasteiger partial charge >= 0.3 is 0 Å². The normalized spacial score (nSPS) is 21.1. The Morgan fingerprint density at radius 3 is 2.69 bits per heavy atom. The van der Waals surface area contributed by atoms with E-state index >= 15 is 0 Å². The van der Waals surface area contributed by atoms with Crippen molar-refractivity contribution >= 4 is 73.4 Å². The predicted molar refractivity (Wildman–Crippen MR) is 121 cm³/mol. The first kappa shape index (κ1) is 20.8. The number of thioether (sulfide) groups is 1. The number of amides is 1. The molecule has 0 spiro atoms. The number of Topliss-reactive ketones (excluding diaryl/α,β-unsaturated/α-hetero) is 1. The fraction of sp³-hybridized carbons (Fsp3) is 0.211. The summed E-state index contributed by atoms with van der Waals surface area (Å²) in [5, 5.41) is 1.20. The molecule has 6 nitrogen and oxygen atoms in total. The van der Waals surface area contributed by atoms with E-state index in [0.717, 1.165) is 4.47 Å². The second-order valence-electron chi connectivity index (χ2n) is 6.48. The van der Waals surface area contributed by atoms with Crippen molar-refractivity contribution < 1.29 is 9.59 Å². The summed E-state index contributed by atoms with van der Waals surface area (Å²) in [6.45, 7) is 0.500. The number of nitrogens with zero attached hydrogens (tertiary/aromatic N) is 2. The van der Waals surface area contributed by atoms with Crippen LogP contribution in [0.15, 0.2) is 51.9 Å². The first-order valence-corrected chi connectivity index (χ1v) is 11.2. The number of amidine groups is 1. The van der Waals surface area contributed by atoms with Crippen LogP contribution in [0.25, 0.3) is 0 Å². The van der Waals surface area contributed by atoms with E-state index in [0.29, 0.717) is 33.0 Å². The van der Waals surface area contributed by atoms with Gasteiger partial charge in [0.05, 0.1) is 27.4 Å². The summed E-state index contributed by atoms with van der Waals surface area (Å²) in [6.07, 6.45) is -0.350. The third-order valence-corrected chi connectivity index (χ3v) is 6.81. The third-order valence-electron chi connectivity index (χ3n) is 4.59. The first-order valence-electron chi connectivity index (χ1n) is 8.71. The second-order valence-corrected chi connectivity index (χ2v) is 9.15. The largest absolute Gasteiger partial charge is 0.293 e. The van der Waals surface area contributed by atoms with Gasteiger partial charge in [-0.1, -0.05) is 50.9 Å². The van der Waals surface area contributed by atoms with E-state index in [1.165, 1.54) is 11.8 Å². The highest BCUT2D eigenvalue weighted by atomic mass is 79.9. The van der Waals surface area contributed by atoms with E-state index in [-0.39, 0.29) is 29.5 Å². The Kier molecular flexibility index (Phi) is 6.29. The number of hydrogen-bond donors (Lipinski definition) is 2. The smallest absolute Gasteiger partial charge is 0.241 e. The van der Waals surface area contributed by atoms with Gasteiger partial charge in [0.1, 0.15) is 6.17 Å². The van der Waals surface area contributed by atoms with E-state index < -0.39 is 0 Å². The van der Waals surface area contributed by atoms with E-state index in [4.69, 9.17) is 23.2 Å². The van der Waals surface area contributed by atoms with Gasteiger partial charge < -0.3 is 0 Å². The number of rotatable bonds is 4. The zero-order chi connectivity index (χ0) is 20.5. The molecule has 0 bridgehead atoms. The highest BCUT2D eigenvalue weighted by Crippen LogP contribution is 2.31. The maximum Gasteiger partial charge on any atom is 0.241 e. The third kappa shape index (κ3) is 4.38. The van der Waals surface area contributed by atoms with Gasteiger partial charge in [0.25, 0.3) is 0 Å². The summed E-state index contributed by atoms with van der Waals surface area (Å²) < 4.78 is 0.911. The number of nitrogens with one attached hydrogen (secondary N) is 2. The quantitative estimate of drug-likeness (QED) is 0.601. The number of anilines is 1. The molecule has 4 rings (SSSR count). The fourth-order valence-corrected chi connectivity index (χ4v) is 4.58. The van der Waals surface area contributed by atoms with Crippen LogP contribution in [0.1, 0.15) is 10.4 Å². The van der Waals surface area contributed by atoms with Crippen LogP contribution in [-0.4, -0.2) is 35.3 Å². The number of ketones is 1. The summed E-state index contributed by atoms with van der Waals surface area (Å²) in [6, 6.07) is 12.2. The zero-order valence-corrected chi connectivity index (χ0v) is 18.8. The Morgan fingerprint density at radius 2 is 1.97 bits per heavy atom. The molecule has 2 aromatic carbocycles. The fourth-order valence-electron chi connectivity index (χ4n) is 3.08. The maximum absolute atomic E-state index is 13.1. The average molecular weight is 514 g/mol. The summed E-state index contributed by atoms with van der Waals surface area (Å²) >= 11 is 16.6. The number of carbonyl (C=O) groups excluding carboxylic acids is 2. The number of hydrogen-bond acceptors (Lipinski definition) is 6. The highest BCUT2D eigenvalue weighted by Gasteiger charge is 2.42.